The van der Waals surface area contributed by atoms with Gasteiger partial charge in [-0.1, -0.05) is 17.7 Å². The van der Waals surface area contributed by atoms with Crippen LogP contribution in [0.25, 0.3) is 0 Å². The fourth-order valence-corrected chi connectivity index (χ4v) is 5.13. The summed E-state index contributed by atoms with van der Waals surface area (Å²) in [7, 11) is 0. The fourth-order valence-electron chi connectivity index (χ4n) is 4.93. The summed E-state index contributed by atoms with van der Waals surface area (Å²) in [6, 6.07) is 6.15. The smallest absolute Gasteiger partial charge is 0.257 e. The maximum Gasteiger partial charge on any atom is 0.257 e. The maximum absolute atomic E-state index is 12.9. The molecule has 0 saturated carbocycles. The average molecular weight is 398 g/mol. The Kier molecular flexibility index (Phi) is 4.60. The first-order valence-electron chi connectivity index (χ1n) is 10.1. The van der Waals surface area contributed by atoms with Crippen LogP contribution in [0.5, 0.6) is 0 Å². The Morgan fingerprint density at radius 1 is 1.14 bits per heavy atom. The van der Waals surface area contributed by atoms with Gasteiger partial charge >= 0.3 is 0 Å². The normalized spacial score (nSPS) is 22.8. The molecule has 2 aromatic rings. The van der Waals surface area contributed by atoms with Crippen LogP contribution in [0.1, 0.15) is 46.6 Å². The Hall–Kier alpha value is -1.98. The fraction of sp³-hybridized carbons (Fsp3) is 0.500. The molecule has 0 bridgehead atoms. The molecule has 2 aliphatic heterocycles. The van der Waals surface area contributed by atoms with Gasteiger partial charge in [0.2, 0.25) is 0 Å². The van der Waals surface area contributed by atoms with Crippen molar-refractivity contribution in [1.82, 2.24) is 14.9 Å². The van der Waals surface area contributed by atoms with Crippen molar-refractivity contribution in [1.29, 1.82) is 0 Å². The second-order valence-corrected chi connectivity index (χ2v) is 8.76. The molecule has 5 nitrogen and oxygen atoms in total. The van der Waals surface area contributed by atoms with E-state index >= 15 is 0 Å². The lowest BCUT2D eigenvalue weighted by Gasteiger charge is -2.54. The number of ether oxygens (including phenoxy) is 1. The highest BCUT2D eigenvalue weighted by molar-refractivity contribution is 6.30. The van der Waals surface area contributed by atoms with Crippen LogP contribution in [0.4, 0.5) is 0 Å². The molecular formula is C22H24ClN3O2. The zero-order chi connectivity index (χ0) is 19.1. The predicted molar refractivity (Wildman–Crippen MR) is 107 cm³/mol. The van der Waals surface area contributed by atoms with E-state index in [0.717, 1.165) is 69.1 Å². The number of aromatic nitrogens is 2. The van der Waals surface area contributed by atoms with Crippen LogP contribution in [0, 0.1) is 5.92 Å². The van der Waals surface area contributed by atoms with Crippen molar-refractivity contribution in [3.63, 3.8) is 0 Å². The van der Waals surface area contributed by atoms with Gasteiger partial charge in [0.1, 0.15) is 5.82 Å². The van der Waals surface area contributed by atoms with Crippen molar-refractivity contribution in [3.8, 4) is 0 Å². The van der Waals surface area contributed by atoms with Crippen molar-refractivity contribution >= 4 is 17.5 Å². The minimum atomic E-state index is 0.00486. The number of halogens is 1. The number of fused-ring (bicyclic) bond motifs is 1. The summed E-state index contributed by atoms with van der Waals surface area (Å²) < 4.78 is 5.47. The van der Waals surface area contributed by atoms with Crippen LogP contribution in [0.2, 0.25) is 5.02 Å². The number of nitrogens with zero attached hydrogens (tertiary/aromatic N) is 3. The van der Waals surface area contributed by atoms with Gasteiger partial charge in [0.15, 0.2) is 0 Å². The van der Waals surface area contributed by atoms with E-state index in [1.54, 1.807) is 12.4 Å². The minimum Gasteiger partial charge on any atom is -0.381 e. The largest absolute Gasteiger partial charge is 0.381 e. The van der Waals surface area contributed by atoms with E-state index in [1.165, 1.54) is 11.1 Å². The third-order valence-corrected chi connectivity index (χ3v) is 6.89. The predicted octanol–water partition coefficient (Wildman–Crippen LogP) is 3.48. The van der Waals surface area contributed by atoms with Gasteiger partial charge < -0.3 is 9.64 Å². The molecule has 0 N–H and O–H groups in total. The molecule has 1 aliphatic carbocycles. The molecule has 0 radical (unpaired) electrons. The van der Waals surface area contributed by atoms with Gasteiger partial charge in [-0.25, -0.2) is 9.97 Å². The summed E-state index contributed by atoms with van der Waals surface area (Å²) in [6.45, 7) is 2.31. The van der Waals surface area contributed by atoms with Crippen LogP contribution in [0.15, 0.2) is 30.6 Å². The van der Waals surface area contributed by atoms with E-state index < -0.39 is 0 Å². The van der Waals surface area contributed by atoms with Gasteiger partial charge in [0.25, 0.3) is 5.91 Å². The summed E-state index contributed by atoms with van der Waals surface area (Å²) in [5.74, 6) is 1.36. The van der Waals surface area contributed by atoms with E-state index in [9.17, 15) is 4.79 Å². The Morgan fingerprint density at radius 2 is 1.89 bits per heavy atom. The number of benzene rings is 1. The van der Waals surface area contributed by atoms with Crippen molar-refractivity contribution in [2.45, 2.75) is 44.1 Å². The molecule has 3 aliphatic rings. The summed E-state index contributed by atoms with van der Waals surface area (Å²) in [6.07, 6.45) is 9.23. The van der Waals surface area contributed by atoms with E-state index in [1.807, 2.05) is 11.0 Å². The van der Waals surface area contributed by atoms with E-state index in [-0.39, 0.29) is 11.4 Å². The first-order valence-corrected chi connectivity index (χ1v) is 10.5. The Morgan fingerprint density at radius 3 is 2.61 bits per heavy atom. The maximum atomic E-state index is 12.9. The molecule has 1 aromatic carbocycles. The lowest BCUT2D eigenvalue weighted by atomic mass is 9.77. The molecule has 5 rings (SSSR count). The van der Waals surface area contributed by atoms with Gasteiger partial charge in [-0.05, 0) is 61.3 Å². The molecule has 6 heteroatoms. The molecule has 1 aromatic heterocycles. The second kappa shape index (κ2) is 7.12. The van der Waals surface area contributed by atoms with Crippen LogP contribution in [-0.2, 0) is 24.0 Å². The standard InChI is InChI=1S/C22H24ClN3O2/c23-19-2-1-16-9-15(10-17(16)12-19)11-20-24-13-18(14-25-20)21(27)26-6-3-22(26)4-7-28-8-5-22/h1-2,12-15H,3-11H2. The summed E-state index contributed by atoms with van der Waals surface area (Å²) >= 11 is 6.11. The highest BCUT2D eigenvalue weighted by Crippen LogP contribution is 2.40. The second-order valence-electron chi connectivity index (χ2n) is 8.32. The molecule has 28 heavy (non-hydrogen) atoms. The van der Waals surface area contributed by atoms with Gasteiger partial charge in [0, 0.05) is 49.1 Å². The van der Waals surface area contributed by atoms with Gasteiger partial charge in [-0.15, -0.1) is 0 Å². The van der Waals surface area contributed by atoms with Crippen LogP contribution < -0.4 is 0 Å². The average Bonchev–Trinajstić information content (AvgIpc) is 3.09. The molecule has 146 valence electrons. The number of amides is 1. The van der Waals surface area contributed by atoms with Crippen LogP contribution in [-0.4, -0.2) is 46.1 Å². The minimum absolute atomic E-state index is 0.00486. The lowest BCUT2D eigenvalue weighted by molar-refractivity contribution is -0.0696. The third kappa shape index (κ3) is 3.20. The Bertz CT molecular complexity index is 893. The molecular weight excluding hydrogens is 374 g/mol. The Labute approximate surface area is 170 Å². The first-order chi connectivity index (χ1) is 13.6. The third-order valence-electron chi connectivity index (χ3n) is 6.65. The zero-order valence-electron chi connectivity index (χ0n) is 15.9. The van der Waals surface area contributed by atoms with Gasteiger partial charge in [-0.3, -0.25) is 4.79 Å². The summed E-state index contributed by atoms with van der Waals surface area (Å²) in [5.41, 5.74) is 3.31. The van der Waals surface area contributed by atoms with E-state index in [0.29, 0.717) is 11.5 Å². The van der Waals surface area contributed by atoms with Crippen molar-refractivity contribution < 1.29 is 9.53 Å². The number of hydrogen-bond acceptors (Lipinski definition) is 4. The molecule has 1 amide bonds. The van der Waals surface area contributed by atoms with Crippen LogP contribution in [0.3, 0.4) is 0 Å². The Balaban J connectivity index is 1.23. The SMILES string of the molecule is O=C(c1cnc(CC2Cc3ccc(Cl)cc3C2)nc1)N1CCC12CCOCC2. The number of carbonyl (C=O) groups is 1. The van der Waals surface area contributed by atoms with Gasteiger partial charge in [0.05, 0.1) is 5.56 Å². The van der Waals surface area contributed by atoms with E-state index in [4.69, 9.17) is 16.3 Å². The number of likely N-dealkylation sites (tertiary alicyclic amines) is 1. The molecule has 1 atom stereocenters. The molecule has 2 fully saturated rings. The molecule has 2 saturated heterocycles. The van der Waals surface area contributed by atoms with Crippen molar-refractivity contribution in [2.75, 3.05) is 19.8 Å². The van der Waals surface area contributed by atoms with Crippen molar-refractivity contribution in [2.24, 2.45) is 5.92 Å². The number of carbonyl (C=O) groups excluding carboxylic acids is 1. The first kappa shape index (κ1) is 18.1. The van der Waals surface area contributed by atoms with E-state index in [2.05, 4.69) is 22.1 Å². The zero-order valence-corrected chi connectivity index (χ0v) is 16.6. The number of rotatable bonds is 3. The number of hydrogen-bond donors (Lipinski definition) is 0. The van der Waals surface area contributed by atoms with Crippen LogP contribution >= 0.6 is 11.6 Å². The monoisotopic (exact) mass is 397 g/mol. The molecule has 1 unspecified atom stereocenters. The highest BCUT2D eigenvalue weighted by atomic mass is 35.5. The quantitative estimate of drug-likeness (QED) is 0.795. The summed E-state index contributed by atoms with van der Waals surface area (Å²) in [5, 5.41) is 0.798. The molecule has 3 heterocycles. The summed E-state index contributed by atoms with van der Waals surface area (Å²) in [4.78, 5) is 24.0. The topological polar surface area (TPSA) is 55.3 Å². The lowest BCUT2D eigenvalue weighted by Crippen LogP contribution is -2.64. The van der Waals surface area contributed by atoms with Crippen molar-refractivity contribution in [3.05, 3.63) is 58.1 Å². The highest BCUT2D eigenvalue weighted by Gasteiger charge is 2.48. The van der Waals surface area contributed by atoms with Gasteiger partial charge in [-0.2, -0.15) is 0 Å². The molecule has 1 spiro atoms.